The van der Waals surface area contributed by atoms with Crippen molar-refractivity contribution in [2.45, 2.75) is 13.3 Å². The van der Waals surface area contributed by atoms with Gasteiger partial charge in [0.15, 0.2) is 0 Å². The van der Waals surface area contributed by atoms with Crippen LogP contribution >= 0.6 is 0 Å². The average Bonchev–Trinajstić information content (AvgIpc) is 2.54. The molecule has 2 aromatic rings. The molecule has 0 fully saturated rings. The number of benzene rings is 2. The third kappa shape index (κ3) is 3.46. The number of nitrogens with zero attached hydrogens (tertiary/aromatic N) is 2. The Hall–Kier alpha value is -3.49. The zero-order valence-electron chi connectivity index (χ0n) is 12.5. The van der Waals surface area contributed by atoms with Crippen LogP contribution in [0.15, 0.2) is 36.4 Å². The molecule has 2 rings (SSSR count). The Morgan fingerprint density at radius 2 is 1.67 bits per heavy atom. The maximum Gasteiger partial charge on any atom is 0.342 e. The smallest absolute Gasteiger partial charge is 0.342 e. The van der Waals surface area contributed by atoms with E-state index in [4.69, 9.17) is 9.84 Å². The molecule has 0 spiro atoms. The highest BCUT2D eigenvalue weighted by atomic mass is 16.6. The molecule has 9 heteroatoms. The largest absolute Gasteiger partial charge is 0.477 e. The van der Waals surface area contributed by atoms with Gasteiger partial charge in [0.2, 0.25) is 5.75 Å². The fourth-order valence-electron chi connectivity index (χ4n) is 2.02. The lowest BCUT2D eigenvalue weighted by molar-refractivity contribution is -0.394. The van der Waals surface area contributed by atoms with Crippen LogP contribution in [-0.2, 0) is 6.42 Å². The van der Waals surface area contributed by atoms with Crippen LogP contribution in [0.1, 0.15) is 22.8 Å². The summed E-state index contributed by atoms with van der Waals surface area (Å²) in [5, 5.41) is 31.1. The molecule has 0 unspecified atom stereocenters. The summed E-state index contributed by atoms with van der Waals surface area (Å²) in [5.41, 5.74) is -1.23. The van der Waals surface area contributed by atoms with Crippen molar-refractivity contribution in [3.63, 3.8) is 0 Å². The van der Waals surface area contributed by atoms with Gasteiger partial charge in [-0.1, -0.05) is 19.1 Å². The van der Waals surface area contributed by atoms with E-state index in [-0.39, 0.29) is 11.5 Å². The molecule has 0 radical (unpaired) electrons. The maximum atomic E-state index is 11.2. The summed E-state index contributed by atoms with van der Waals surface area (Å²) in [6.45, 7) is 1.95. The van der Waals surface area contributed by atoms with Gasteiger partial charge >= 0.3 is 11.7 Å². The molecule has 9 nitrogen and oxygen atoms in total. The highest BCUT2D eigenvalue weighted by Crippen LogP contribution is 2.37. The van der Waals surface area contributed by atoms with Crippen molar-refractivity contribution in [1.29, 1.82) is 0 Å². The van der Waals surface area contributed by atoms with Gasteiger partial charge in [0.1, 0.15) is 11.3 Å². The predicted octanol–water partition coefficient (Wildman–Crippen LogP) is 3.56. The highest BCUT2D eigenvalue weighted by molar-refractivity contribution is 5.93. The lowest BCUT2D eigenvalue weighted by Crippen LogP contribution is -2.05. The summed E-state index contributed by atoms with van der Waals surface area (Å²) in [7, 11) is 0. The van der Waals surface area contributed by atoms with Gasteiger partial charge in [-0.25, -0.2) is 4.79 Å². The van der Waals surface area contributed by atoms with Crippen LogP contribution in [-0.4, -0.2) is 20.9 Å². The van der Waals surface area contributed by atoms with E-state index in [1.165, 1.54) is 0 Å². The molecule has 0 aliphatic rings. The van der Waals surface area contributed by atoms with Crippen LogP contribution in [0.3, 0.4) is 0 Å². The summed E-state index contributed by atoms with van der Waals surface area (Å²) < 4.78 is 5.37. The molecular weight excluding hydrogens is 320 g/mol. The topological polar surface area (TPSA) is 133 Å². The molecule has 0 amide bonds. The van der Waals surface area contributed by atoms with Crippen molar-refractivity contribution in [2.75, 3.05) is 0 Å². The van der Waals surface area contributed by atoms with Gasteiger partial charge < -0.3 is 9.84 Å². The molecule has 0 aliphatic carbocycles. The van der Waals surface area contributed by atoms with Gasteiger partial charge in [-0.3, -0.25) is 20.2 Å². The monoisotopic (exact) mass is 332 g/mol. The minimum absolute atomic E-state index is 0.250. The van der Waals surface area contributed by atoms with Crippen molar-refractivity contribution in [2.24, 2.45) is 0 Å². The van der Waals surface area contributed by atoms with E-state index in [0.717, 1.165) is 18.1 Å². The first kappa shape index (κ1) is 16.9. The number of aryl methyl sites for hydroxylation is 1. The van der Waals surface area contributed by atoms with Gasteiger partial charge in [-0.15, -0.1) is 0 Å². The van der Waals surface area contributed by atoms with Gasteiger partial charge in [0, 0.05) is 6.07 Å². The number of nitro groups is 2. The van der Waals surface area contributed by atoms with Crippen LogP contribution in [0.4, 0.5) is 11.4 Å². The van der Waals surface area contributed by atoms with Gasteiger partial charge in [-0.2, -0.15) is 0 Å². The Bertz CT molecular complexity index is 815. The summed E-state index contributed by atoms with van der Waals surface area (Å²) in [6.07, 6.45) is 0.793. The van der Waals surface area contributed by atoms with Crippen molar-refractivity contribution in [3.05, 3.63) is 67.8 Å². The molecule has 0 bridgehead atoms. The second kappa shape index (κ2) is 6.73. The minimum atomic E-state index is -1.58. The normalized spacial score (nSPS) is 10.2. The lowest BCUT2D eigenvalue weighted by atomic mass is 10.1. The Morgan fingerprint density at radius 3 is 2.12 bits per heavy atom. The first-order valence-corrected chi connectivity index (χ1v) is 6.80. The Labute approximate surface area is 135 Å². The number of nitro benzene ring substituents is 2. The molecule has 0 saturated heterocycles. The Balaban J connectivity index is 2.53. The van der Waals surface area contributed by atoms with Crippen LogP contribution in [0.5, 0.6) is 11.5 Å². The van der Waals surface area contributed by atoms with Gasteiger partial charge in [0.25, 0.3) is 5.69 Å². The van der Waals surface area contributed by atoms with Crippen LogP contribution < -0.4 is 4.74 Å². The lowest BCUT2D eigenvalue weighted by Gasteiger charge is -2.08. The second-order valence-electron chi connectivity index (χ2n) is 4.76. The summed E-state index contributed by atoms with van der Waals surface area (Å²) >= 11 is 0. The number of rotatable bonds is 6. The molecular formula is C15H12N2O7. The van der Waals surface area contributed by atoms with Crippen molar-refractivity contribution < 1.29 is 24.5 Å². The fraction of sp³-hybridized carbons (Fsp3) is 0.133. The zero-order valence-corrected chi connectivity index (χ0v) is 12.5. The van der Waals surface area contributed by atoms with E-state index < -0.39 is 32.8 Å². The Morgan fingerprint density at radius 1 is 1.08 bits per heavy atom. The van der Waals surface area contributed by atoms with Crippen LogP contribution in [0.2, 0.25) is 0 Å². The third-order valence-electron chi connectivity index (χ3n) is 3.26. The molecule has 24 heavy (non-hydrogen) atoms. The first-order chi connectivity index (χ1) is 11.3. The van der Waals surface area contributed by atoms with E-state index in [2.05, 4.69) is 0 Å². The SMILES string of the molecule is CCc1ccc(Oc2cc(C(=O)O)c([N+](=O)[O-])cc2[N+](=O)[O-])cc1. The molecule has 0 saturated carbocycles. The number of aromatic carboxylic acids is 1. The maximum absolute atomic E-state index is 11.2. The number of carboxylic acids is 1. The quantitative estimate of drug-likeness (QED) is 0.631. The van der Waals surface area contributed by atoms with E-state index >= 15 is 0 Å². The van der Waals surface area contributed by atoms with Crippen LogP contribution in [0.25, 0.3) is 0 Å². The molecule has 1 N–H and O–H groups in total. The number of carbonyl (C=O) groups is 1. The van der Waals surface area contributed by atoms with Gasteiger partial charge in [-0.05, 0) is 24.1 Å². The van der Waals surface area contributed by atoms with Gasteiger partial charge in [0.05, 0.1) is 15.9 Å². The minimum Gasteiger partial charge on any atom is -0.477 e. The average molecular weight is 332 g/mol. The van der Waals surface area contributed by atoms with Crippen molar-refractivity contribution >= 4 is 17.3 Å². The fourth-order valence-corrected chi connectivity index (χ4v) is 2.02. The predicted molar refractivity (Wildman–Crippen MR) is 82.6 cm³/mol. The number of ether oxygens (including phenoxy) is 1. The van der Waals surface area contributed by atoms with Crippen molar-refractivity contribution in [1.82, 2.24) is 0 Å². The van der Waals surface area contributed by atoms with E-state index in [1.807, 2.05) is 6.92 Å². The number of carboxylic acid groups (broad SMARTS) is 1. The Kier molecular flexibility index (Phi) is 4.73. The standard InChI is InChI=1S/C15H12N2O7/c1-2-9-3-5-10(6-4-9)24-14-7-11(15(18)19)12(16(20)21)8-13(14)17(22)23/h3-8H,2H2,1H3,(H,18,19). The molecule has 2 aromatic carbocycles. The molecule has 0 heterocycles. The third-order valence-corrected chi connectivity index (χ3v) is 3.26. The van der Waals surface area contributed by atoms with E-state index in [1.54, 1.807) is 24.3 Å². The van der Waals surface area contributed by atoms with Crippen LogP contribution in [0, 0.1) is 20.2 Å². The van der Waals surface area contributed by atoms with Crippen molar-refractivity contribution in [3.8, 4) is 11.5 Å². The second-order valence-corrected chi connectivity index (χ2v) is 4.76. The first-order valence-electron chi connectivity index (χ1n) is 6.80. The summed E-state index contributed by atoms with van der Waals surface area (Å²) in [4.78, 5) is 31.4. The molecule has 124 valence electrons. The zero-order chi connectivity index (χ0) is 17.9. The molecule has 0 atom stereocenters. The molecule has 0 aliphatic heterocycles. The number of hydrogen-bond donors (Lipinski definition) is 1. The number of hydrogen-bond acceptors (Lipinski definition) is 6. The summed E-state index contributed by atoms with van der Waals surface area (Å²) in [6, 6.07) is 8.02. The van der Waals surface area contributed by atoms with E-state index in [9.17, 15) is 25.0 Å². The molecule has 0 aromatic heterocycles. The van der Waals surface area contributed by atoms with E-state index in [0.29, 0.717) is 6.07 Å². The summed E-state index contributed by atoms with van der Waals surface area (Å²) in [5.74, 6) is -1.71. The highest BCUT2D eigenvalue weighted by Gasteiger charge is 2.29.